The molecule has 0 spiro atoms. The summed E-state index contributed by atoms with van der Waals surface area (Å²) in [6, 6.07) is 7.47. The number of rotatable bonds is 3. The molecular weight excluding hydrogens is 296 g/mol. The van der Waals surface area contributed by atoms with Crippen LogP contribution in [-0.2, 0) is 11.2 Å². The van der Waals surface area contributed by atoms with Gasteiger partial charge in [0, 0.05) is 17.4 Å². The van der Waals surface area contributed by atoms with Crippen LogP contribution < -0.4 is 4.74 Å². The normalized spacial score (nSPS) is 14.1. The highest BCUT2D eigenvalue weighted by Crippen LogP contribution is 2.32. The van der Waals surface area contributed by atoms with Gasteiger partial charge >= 0.3 is 5.97 Å². The van der Waals surface area contributed by atoms with E-state index in [0.29, 0.717) is 17.7 Å². The zero-order valence-electron chi connectivity index (χ0n) is 12.3. The number of carbonyl (C=O) groups excluding carboxylic acids is 2. The molecule has 0 N–H and O–H groups in total. The van der Waals surface area contributed by atoms with E-state index in [4.69, 9.17) is 4.74 Å². The van der Waals surface area contributed by atoms with Gasteiger partial charge in [-0.15, -0.1) is 11.3 Å². The molecule has 0 saturated carbocycles. The Morgan fingerprint density at radius 1 is 1.27 bits per heavy atom. The third-order valence-corrected chi connectivity index (χ3v) is 4.59. The number of carbonyl (C=O) groups is 2. The predicted octanol–water partition coefficient (Wildman–Crippen LogP) is 4.19. The zero-order chi connectivity index (χ0) is 15.5. The molecule has 1 aliphatic rings. The Bertz CT molecular complexity index is 742. The second-order valence-electron chi connectivity index (χ2n) is 5.28. The van der Waals surface area contributed by atoms with Crippen molar-refractivity contribution in [1.29, 1.82) is 0 Å². The van der Waals surface area contributed by atoms with Crippen molar-refractivity contribution >= 4 is 29.2 Å². The van der Waals surface area contributed by atoms with Gasteiger partial charge < -0.3 is 4.74 Å². The first-order chi connectivity index (χ1) is 10.6. The van der Waals surface area contributed by atoms with Gasteiger partial charge in [0.2, 0.25) is 0 Å². The molecule has 0 radical (unpaired) electrons. The summed E-state index contributed by atoms with van der Waals surface area (Å²) in [6.45, 7) is 1.99. The van der Waals surface area contributed by atoms with Crippen LogP contribution in [0.2, 0.25) is 0 Å². The molecule has 0 atom stereocenters. The Morgan fingerprint density at radius 2 is 2.14 bits per heavy atom. The Morgan fingerprint density at radius 3 is 2.91 bits per heavy atom. The number of benzene rings is 1. The minimum atomic E-state index is -0.460. The van der Waals surface area contributed by atoms with Crippen LogP contribution in [-0.4, -0.2) is 11.8 Å². The van der Waals surface area contributed by atoms with Gasteiger partial charge in [-0.1, -0.05) is 12.1 Å². The molecule has 0 amide bonds. The van der Waals surface area contributed by atoms with Crippen molar-refractivity contribution in [3.05, 3.63) is 57.3 Å². The Hall–Kier alpha value is -2.20. The number of Topliss-reactive ketones (excluding diaryl/α,β-unsaturated/α-hetero) is 1. The topological polar surface area (TPSA) is 43.4 Å². The molecule has 1 aliphatic carbocycles. The summed E-state index contributed by atoms with van der Waals surface area (Å²) in [4.78, 5) is 25.1. The summed E-state index contributed by atoms with van der Waals surface area (Å²) >= 11 is 1.55. The predicted molar refractivity (Wildman–Crippen MR) is 87.4 cm³/mol. The summed E-state index contributed by atoms with van der Waals surface area (Å²) in [5, 5.41) is 1.94. The fourth-order valence-electron chi connectivity index (χ4n) is 2.67. The van der Waals surface area contributed by atoms with E-state index in [2.05, 4.69) is 0 Å². The van der Waals surface area contributed by atoms with Crippen LogP contribution in [0, 0.1) is 6.92 Å². The van der Waals surface area contributed by atoms with Crippen LogP contribution in [0.25, 0.3) is 6.08 Å². The first-order valence-corrected chi connectivity index (χ1v) is 8.12. The quantitative estimate of drug-likeness (QED) is 0.485. The highest BCUT2D eigenvalue weighted by molar-refractivity contribution is 7.10. The minimum absolute atomic E-state index is 0.0648. The van der Waals surface area contributed by atoms with E-state index < -0.39 is 5.97 Å². The lowest BCUT2D eigenvalue weighted by Gasteiger charge is -2.19. The first-order valence-electron chi connectivity index (χ1n) is 7.24. The molecule has 3 rings (SSSR count). The van der Waals surface area contributed by atoms with Crippen LogP contribution in [0.15, 0.2) is 35.7 Å². The Labute approximate surface area is 133 Å². The number of ether oxygens (including phenoxy) is 1. The van der Waals surface area contributed by atoms with E-state index in [1.807, 2.05) is 30.5 Å². The van der Waals surface area contributed by atoms with Crippen LogP contribution in [0.5, 0.6) is 5.75 Å². The summed E-state index contributed by atoms with van der Waals surface area (Å²) in [5.74, 6) is -0.0149. The zero-order valence-corrected chi connectivity index (χ0v) is 13.1. The van der Waals surface area contributed by atoms with E-state index >= 15 is 0 Å². The molecule has 0 bridgehead atoms. The summed E-state index contributed by atoms with van der Waals surface area (Å²) < 4.78 is 5.39. The molecule has 3 nitrogen and oxygen atoms in total. The molecule has 4 heteroatoms. The number of thiophene rings is 1. The second kappa shape index (κ2) is 6.28. The second-order valence-corrected chi connectivity index (χ2v) is 6.26. The Balaban J connectivity index is 1.83. The van der Waals surface area contributed by atoms with Gasteiger partial charge in [0.25, 0.3) is 0 Å². The van der Waals surface area contributed by atoms with Crippen molar-refractivity contribution in [2.75, 3.05) is 0 Å². The lowest BCUT2D eigenvalue weighted by Crippen LogP contribution is -2.16. The molecule has 112 valence electrons. The number of hydrogen-bond donors (Lipinski definition) is 0. The van der Waals surface area contributed by atoms with Crippen LogP contribution in [0.1, 0.15) is 39.2 Å². The summed E-state index contributed by atoms with van der Waals surface area (Å²) in [5.41, 5.74) is 2.69. The van der Waals surface area contributed by atoms with E-state index in [1.165, 1.54) is 6.08 Å². The van der Waals surface area contributed by atoms with Crippen molar-refractivity contribution < 1.29 is 14.3 Å². The van der Waals surface area contributed by atoms with E-state index in [1.54, 1.807) is 23.5 Å². The fourth-order valence-corrected chi connectivity index (χ4v) is 3.29. The maximum atomic E-state index is 12.2. The third kappa shape index (κ3) is 3.02. The van der Waals surface area contributed by atoms with Crippen LogP contribution in [0.4, 0.5) is 0 Å². The number of fused-ring (bicyclic) bond motifs is 1. The largest absolute Gasteiger partial charge is 0.423 e. The van der Waals surface area contributed by atoms with Gasteiger partial charge in [0.05, 0.1) is 5.56 Å². The highest BCUT2D eigenvalue weighted by atomic mass is 32.1. The standard InChI is InChI=1S/C18H16O3S/c1-12-7-9-16(18-14(12)5-2-6-15(18)19)21-17(20)10-8-13-4-3-11-22-13/h3-4,7-11H,2,5-6H2,1H3/b10-8+. The third-order valence-electron chi connectivity index (χ3n) is 3.76. The number of aryl methyl sites for hydroxylation is 1. The first kappa shape index (κ1) is 14.7. The van der Waals surface area contributed by atoms with Crippen molar-refractivity contribution in [3.8, 4) is 5.75 Å². The van der Waals surface area contributed by atoms with E-state index in [-0.39, 0.29) is 5.78 Å². The van der Waals surface area contributed by atoms with Crippen LogP contribution >= 0.6 is 11.3 Å². The van der Waals surface area contributed by atoms with Gasteiger partial charge in [-0.05, 0) is 54.5 Å². The van der Waals surface area contributed by atoms with Crippen molar-refractivity contribution in [1.82, 2.24) is 0 Å². The molecule has 2 aromatic rings. The summed E-state index contributed by atoms with van der Waals surface area (Å²) in [6.07, 6.45) is 5.36. The lowest BCUT2D eigenvalue weighted by atomic mass is 9.87. The van der Waals surface area contributed by atoms with Gasteiger partial charge in [-0.3, -0.25) is 4.79 Å². The van der Waals surface area contributed by atoms with Crippen molar-refractivity contribution in [2.45, 2.75) is 26.2 Å². The monoisotopic (exact) mass is 312 g/mol. The molecule has 0 unspecified atom stereocenters. The van der Waals surface area contributed by atoms with E-state index in [9.17, 15) is 9.59 Å². The SMILES string of the molecule is Cc1ccc(OC(=O)/C=C/c2cccs2)c2c1CCCC2=O. The van der Waals surface area contributed by atoms with Gasteiger partial charge in [-0.25, -0.2) is 4.79 Å². The molecule has 1 aromatic heterocycles. The van der Waals surface area contributed by atoms with Crippen LogP contribution in [0.3, 0.4) is 0 Å². The molecular formula is C18H16O3S. The van der Waals surface area contributed by atoms with E-state index in [0.717, 1.165) is 28.8 Å². The molecule has 22 heavy (non-hydrogen) atoms. The number of esters is 1. The van der Waals surface area contributed by atoms with Crippen molar-refractivity contribution in [2.24, 2.45) is 0 Å². The summed E-state index contributed by atoms with van der Waals surface area (Å²) in [7, 11) is 0. The maximum absolute atomic E-state index is 12.2. The van der Waals surface area contributed by atoms with Gasteiger partial charge in [-0.2, -0.15) is 0 Å². The molecule has 0 fully saturated rings. The minimum Gasteiger partial charge on any atom is -0.423 e. The number of ketones is 1. The van der Waals surface area contributed by atoms with Gasteiger partial charge in [0.1, 0.15) is 5.75 Å². The smallest absolute Gasteiger partial charge is 0.336 e. The van der Waals surface area contributed by atoms with Crippen molar-refractivity contribution in [3.63, 3.8) is 0 Å². The average molecular weight is 312 g/mol. The highest BCUT2D eigenvalue weighted by Gasteiger charge is 2.24. The molecule has 1 aromatic carbocycles. The average Bonchev–Trinajstić information content (AvgIpc) is 3.02. The number of hydrogen-bond acceptors (Lipinski definition) is 4. The van der Waals surface area contributed by atoms with Gasteiger partial charge in [0.15, 0.2) is 5.78 Å². The molecule has 0 aliphatic heterocycles. The molecule has 0 saturated heterocycles. The lowest BCUT2D eigenvalue weighted by molar-refractivity contribution is -0.128. The fraction of sp³-hybridized carbons (Fsp3) is 0.222. The maximum Gasteiger partial charge on any atom is 0.336 e. The Kier molecular flexibility index (Phi) is 4.20. The molecule has 1 heterocycles.